The summed E-state index contributed by atoms with van der Waals surface area (Å²) in [5.74, 6) is 1.50. The number of nitrogens with one attached hydrogen (secondary N) is 1. The molecule has 1 aromatic rings. The Morgan fingerprint density at radius 3 is 2.25 bits per heavy atom. The number of esters is 1. The minimum absolute atomic E-state index is 0.00473. The zero-order valence-corrected chi connectivity index (χ0v) is 17.5. The van der Waals surface area contributed by atoms with Gasteiger partial charge in [-0.15, -0.1) is 11.3 Å². The molecule has 28 heavy (non-hydrogen) atoms. The van der Waals surface area contributed by atoms with E-state index >= 15 is 0 Å². The largest absolute Gasteiger partial charge is 0.453 e. The van der Waals surface area contributed by atoms with Gasteiger partial charge in [-0.1, -0.05) is 0 Å². The van der Waals surface area contributed by atoms with Crippen molar-refractivity contribution in [3.63, 3.8) is 0 Å². The first-order valence-corrected chi connectivity index (χ1v) is 11.2. The number of hydrogen-bond acceptors (Lipinski definition) is 5. The van der Waals surface area contributed by atoms with Crippen molar-refractivity contribution < 1.29 is 19.1 Å². The van der Waals surface area contributed by atoms with Crippen molar-refractivity contribution in [2.24, 2.45) is 17.8 Å². The van der Waals surface area contributed by atoms with Gasteiger partial charge in [-0.05, 0) is 82.3 Å². The third-order valence-electron chi connectivity index (χ3n) is 6.68. The van der Waals surface area contributed by atoms with Crippen LogP contribution in [0, 0.1) is 24.7 Å². The maximum Gasteiger partial charge on any atom is 0.307 e. The Morgan fingerprint density at radius 2 is 1.71 bits per heavy atom. The quantitative estimate of drug-likeness (QED) is 0.551. The van der Waals surface area contributed by atoms with Gasteiger partial charge < -0.3 is 10.1 Å². The van der Waals surface area contributed by atoms with Crippen molar-refractivity contribution >= 4 is 29.0 Å². The van der Waals surface area contributed by atoms with E-state index in [0.717, 1.165) is 41.9 Å². The van der Waals surface area contributed by atoms with Crippen LogP contribution in [0.5, 0.6) is 0 Å². The Morgan fingerprint density at radius 1 is 1.11 bits per heavy atom. The fraction of sp³-hybridized carbons (Fsp3) is 0.682. The number of carbonyl (C=O) groups is 3. The highest BCUT2D eigenvalue weighted by atomic mass is 32.1. The van der Waals surface area contributed by atoms with Crippen molar-refractivity contribution in [2.75, 3.05) is 0 Å². The molecule has 0 saturated heterocycles. The highest BCUT2D eigenvalue weighted by Gasteiger charge is 2.51. The number of ketones is 1. The Balaban J connectivity index is 1.25. The lowest BCUT2D eigenvalue weighted by Gasteiger charge is -2.57. The number of carbonyl (C=O) groups excluding carboxylic acids is 3. The molecule has 0 aliphatic heterocycles. The van der Waals surface area contributed by atoms with Gasteiger partial charge in [0.1, 0.15) is 0 Å². The van der Waals surface area contributed by atoms with Gasteiger partial charge in [0.05, 0.1) is 11.3 Å². The Hall–Kier alpha value is -1.69. The van der Waals surface area contributed by atoms with Crippen LogP contribution >= 0.6 is 11.3 Å². The maximum atomic E-state index is 12.7. The fourth-order valence-electron chi connectivity index (χ4n) is 5.86. The molecule has 1 atom stereocenters. The van der Waals surface area contributed by atoms with Crippen molar-refractivity contribution in [3.05, 3.63) is 21.9 Å². The summed E-state index contributed by atoms with van der Waals surface area (Å²) in [4.78, 5) is 38.6. The normalized spacial score (nSPS) is 31.4. The van der Waals surface area contributed by atoms with Gasteiger partial charge in [0.15, 0.2) is 11.9 Å². The average Bonchev–Trinajstić information content (AvgIpc) is 3.04. The summed E-state index contributed by atoms with van der Waals surface area (Å²) in [5.41, 5.74) is -0.0838. The van der Waals surface area contributed by atoms with E-state index in [4.69, 9.17) is 4.74 Å². The standard InChI is InChI=1S/C22H29NO4S/c1-13-3-5-19(28-13)18(24)4-6-20(25)27-14(2)21(26)23-22-10-15-7-16(11-22)9-17(8-15)12-22/h3,5,14-17H,4,6-12H2,1-2H3,(H,23,26)/t14-,15?,16?,17?,22?/m1/s1. The molecule has 1 amide bonds. The number of aryl methyl sites for hydroxylation is 1. The maximum absolute atomic E-state index is 12.7. The first-order valence-electron chi connectivity index (χ1n) is 10.4. The molecule has 1 N–H and O–H groups in total. The molecule has 152 valence electrons. The zero-order chi connectivity index (χ0) is 19.9. The fourth-order valence-corrected chi connectivity index (χ4v) is 6.69. The molecule has 0 spiro atoms. The molecule has 4 fully saturated rings. The van der Waals surface area contributed by atoms with Crippen molar-refractivity contribution in [2.45, 2.75) is 76.9 Å². The highest BCUT2D eigenvalue weighted by molar-refractivity contribution is 7.14. The molecule has 4 saturated carbocycles. The smallest absolute Gasteiger partial charge is 0.307 e. The van der Waals surface area contributed by atoms with Crippen LogP contribution in [0.15, 0.2) is 12.1 Å². The lowest BCUT2D eigenvalue weighted by atomic mass is 9.53. The molecule has 4 bridgehead atoms. The first kappa shape index (κ1) is 19.6. The summed E-state index contributed by atoms with van der Waals surface area (Å²) < 4.78 is 5.32. The van der Waals surface area contributed by atoms with Gasteiger partial charge >= 0.3 is 5.97 Å². The highest BCUT2D eigenvalue weighted by Crippen LogP contribution is 2.55. The molecular weight excluding hydrogens is 374 g/mol. The third-order valence-corrected chi connectivity index (χ3v) is 7.72. The molecule has 4 aliphatic carbocycles. The predicted molar refractivity (Wildman–Crippen MR) is 107 cm³/mol. The van der Waals surface area contributed by atoms with E-state index in [-0.39, 0.29) is 30.1 Å². The monoisotopic (exact) mass is 403 g/mol. The third kappa shape index (κ3) is 4.17. The van der Waals surface area contributed by atoms with Gasteiger partial charge in [-0.2, -0.15) is 0 Å². The van der Waals surface area contributed by atoms with E-state index in [9.17, 15) is 14.4 Å². The molecule has 0 unspecified atom stereocenters. The lowest BCUT2D eigenvalue weighted by Crippen LogP contribution is -2.61. The van der Waals surface area contributed by atoms with Crippen molar-refractivity contribution in [3.8, 4) is 0 Å². The second kappa shape index (κ2) is 7.62. The summed E-state index contributed by atoms with van der Waals surface area (Å²) in [6, 6.07) is 3.68. The predicted octanol–water partition coefficient (Wildman–Crippen LogP) is 4.04. The van der Waals surface area contributed by atoms with Crippen LogP contribution in [-0.4, -0.2) is 29.3 Å². The lowest BCUT2D eigenvalue weighted by molar-refractivity contribution is -0.156. The average molecular weight is 404 g/mol. The molecule has 5 rings (SSSR count). The van der Waals surface area contributed by atoms with Gasteiger partial charge in [0.25, 0.3) is 5.91 Å². The van der Waals surface area contributed by atoms with Crippen molar-refractivity contribution in [1.29, 1.82) is 0 Å². The summed E-state index contributed by atoms with van der Waals surface area (Å²) in [6.45, 7) is 3.57. The van der Waals surface area contributed by atoms with E-state index < -0.39 is 12.1 Å². The topological polar surface area (TPSA) is 72.5 Å². The van der Waals surface area contributed by atoms with Gasteiger partial charge in [0.2, 0.25) is 0 Å². The summed E-state index contributed by atoms with van der Waals surface area (Å²) in [5, 5.41) is 3.24. The van der Waals surface area contributed by atoms with E-state index in [2.05, 4.69) is 5.32 Å². The van der Waals surface area contributed by atoms with Crippen LogP contribution in [0.2, 0.25) is 0 Å². The Labute approximate surface area is 170 Å². The number of Topliss-reactive ketones (excluding diaryl/α,β-unsaturated/α-hetero) is 1. The summed E-state index contributed by atoms with van der Waals surface area (Å²) >= 11 is 1.43. The molecular formula is C22H29NO4S. The summed E-state index contributed by atoms with van der Waals surface area (Å²) in [6.07, 6.45) is 6.46. The van der Waals surface area contributed by atoms with Gasteiger partial charge in [-0.25, -0.2) is 0 Å². The molecule has 1 aromatic heterocycles. The number of rotatable bonds is 7. The van der Waals surface area contributed by atoms with E-state index in [1.54, 1.807) is 13.0 Å². The second-order valence-electron chi connectivity index (χ2n) is 9.15. The number of ether oxygens (including phenoxy) is 1. The SMILES string of the molecule is Cc1ccc(C(=O)CCC(=O)O[C@H](C)C(=O)NC23CC4CC(CC(C4)C2)C3)s1. The Bertz CT molecular complexity index is 748. The van der Waals surface area contributed by atoms with Crippen LogP contribution in [0.25, 0.3) is 0 Å². The van der Waals surface area contributed by atoms with E-state index in [1.807, 2.05) is 13.0 Å². The molecule has 0 radical (unpaired) electrons. The molecule has 6 heteroatoms. The van der Waals surface area contributed by atoms with E-state index in [1.165, 1.54) is 30.6 Å². The second-order valence-corrected chi connectivity index (χ2v) is 10.4. The minimum Gasteiger partial charge on any atom is -0.453 e. The molecule has 1 heterocycles. The Kier molecular flexibility index (Phi) is 5.34. The van der Waals surface area contributed by atoms with Crippen LogP contribution in [0.1, 0.15) is 72.8 Å². The van der Waals surface area contributed by atoms with Crippen molar-refractivity contribution in [1.82, 2.24) is 5.32 Å². The van der Waals surface area contributed by atoms with E-state index in [0.29, 0.717) is 4.88 Å². The van der Waals surface area contributed by atoms with Gasteiger partial charge in [-0.3, -0.25) is 14.4 Å². The summed E-state index contributed by atoms with van der Waals surface area (Å²) in [7, 11) is 0. The van der Waals surface area contributed by atoms with Crippen LogP contribution in [0.3, 0.4) is 0 Å². The zero-order valence-electron chi connectivity index (χ0n) is 16.7. The number of hydrogen-bond donors (Lipinski definition) is 1. The van der Waals surface area contributed by atoms with Gasteiger partial charge in [0, 0.05) is 16.8 Å². The van der Waals surface area contributed by atoms with Crippen LogP contribution in [-0.2, 0) is 14.3 Å². The number of amides is 1. The minimum atomic E-state index is -0.820. The molecule has 0 aromatic carbocycles. The first-order chi connectivity index (χ1) is 13.3. The van der Waals surface area contributed by atoms with Crippen LogP contribution < -0.4 is 5.32 Å². The van der Waals surface area contributed by atoms with Crippen LogP contribution in [0.4, 0.5) is 0 Å². The molecule has 4 aliphatic rings. The molecule has 5 nitrogen and oxygen atoms in total. The number of thiophene rings is 1.